The Kier molecular flexibility index (Phi) is 4.82. The number of nitrogens with zero attached hydrogens (tertiary/aromatic N) is 3. The molecule has 0 unspecified atom stereocenters. The average molecular weight is 437 g/mol. The highest BCUT2D eigenvalue weighted by molar-refractivity contribution is 6.32. The van der Waals surface area contributed by atoms with Gasteiger partial charge in [-0.05, 0) is 29.8 Å². The Morgan fingerprint density at radius 2 is 1.83 bits per heavy atom. The summed E-state index contributed by atoms with van der Waals surface area (Å²) < 4.78 is 38.8. The van der Waals surface area contributed by atoms with Crippen LogP contribution in [0.5, 0.6) is 0 Å². The summed E-state index contributed by atoms with van der Waals surface area (Å²) in [7, 11) is 0. The molecule has 0 aliphatic heterocycles. The van der Waals surface area contributed by atoms with E-state index in [1.807, 2.05) is 0 Å². The fourth-order valence-electron chi connectivity index (χ4n) is 2.79. The maximum atomic E-state index is 12.7. The van der Waals surface area contributed by atoms with Gasteiger partial charge in [0.05, 0.1) is 28.5 Å². The van der Waals surface area contributed by atoms with Gasteiger partial charge in [-0.15, -0.1) is 0 Å². The molecule has 0 saturated heterocycles. The van der Waals surface area contributed by atoms with Gasteiger partial charge < -0.3 is 15.3 Å². The van der Waals surface area contributed by atoms with Gasteiger partial charge in [0.2, 0.25) is 0 Å². The predicted molar refractivity (Wildman–Crippen MR) is 104 cm³/mol. The Balaban J connectivity index is 1.56. The molecule has 0 amide bonds. The van der Waals surface area contributed by atoms with Gasteiger partial charge in [0.25, 0.3) is 5.56 Å². The number of H-pyrrole nitrogens is 2. The lowest BCUT2D eigenvalue weighted by Gasteiger charge is -2.11. The third-order valence-corrected chi connectivity index (χ3v) is 4.64. The first kappa shape index (κ1) is 19.7. The number of anilines is 1. The van der Waals surface area contributed by atoms with Gasteiger partial charge in [-0.3, -0.25) is 4.79 Å². The second kappa shape index (κ2) is 7.34. The number of hydrogen-bond donors (Lipinski definition) is 3. The van der Waals surface area contributed by atoms with E-state index < -0.39 is 17.3 Å². The van der Waals surface area contributed by atoms with Crippen molar-refractivity contribution < 1.29 is 13.2 Å². The summed E-state index contributed by atoms with van der Waals surface area (Å²) in [5.74, 6) is -0.0942. The molecule has 1 aromatic carbocycles. The van der Waals surface area contributed by atoms with Gasteiger partial charge in [0, 0.05) is 12.7 Å². The number of halogens is 4. The summed E-state index contributed by atoms with van der Waals surface area (Å²) in [6.07, 6.45) is -2.64. The van der Waals surface area contributed by atoms with Gasteiger partial charge in [0.1, 0.15) is 5.02 Å². The zero-order valence-electron chi connectivity index (χ0n) is 14.9. The van der Waals surface area contributed by atoms with E-state index in [4.69, 9.17) is 11.6 Å². The SMILES string of the molecule is O=c1[nH]c2ccc(CNc3cnn(-c4ccc(C(F)(F)F)cn4)c(=O)c3Cl)cc2[nH]1. The highest BCUT2D eigenvalue weighted by atomic mass is 35.5. The largest absolute Gasteiger partial charge is 0.417 e. The first-order valence-electron chi connectivity index (χ1n) is 8.48. The first-order valence-corrected chi connectivity index (χ1v) is 8.86. The number of hydrogen-bond acceptors (Lipinski definition) is 5. The molecule has 0 atom stereocenters. The number of alkyl halides is 3. The van der Waals surface area contributed by atoms with Crippen molar-refractivity contribution in [2.45, 2.75) is 12.7 Å². The molecule has 3 heterocycles. The van der Waals surface area contributed by atoms with Crippen molar-refractivity contribution in [1.82, 2.24) is 24.7 Å². The summed E-state index contributed by atoms with van der Waals surface area (Å²) in [6.45, 7) is 0.284. The summed E-state index contributed by atoms with van der Waals surface area (Å²) in [4.78, 5) is 32.7. The molecule has 0 aliphatic carbocycles. The highest BCUT2D eigenvalue weighted by Gasteiger charge is 2.30. The molecule has 0 aliphatic rings. The molecular weight excluding hydrogens is 425 g/mol. The first-order chi connectivity index (χ1) is 14.2. The van der Waals surface area contributed by atoms with Crippen LogP contribution < -0.4 is 16.6 Å². The van der Waals surface area contributed by atoms with E-state index in [0.29, 0.717) is 17.2 Å². The number of aromatic nitrogens is 5. The van der Waals surface area contributed by atoms with E-state index in [-0.39, 0.29) is 28.8 Å². The summed E-state index contributed by atoms with van der Waals surface area (Å²) in [6, 6.07) is 7.12. The van der Waals surface area contributed by atoms with Crippen LogP contribution in [0.15, 0.2) is 52.3 Å². The van der Waals surface area contributed by atoms with Gasteiger partial charge in [-0.25, -0.2) is 9.78 Å². The van der Waals surface area contributed by atoms with Crippen molar-refractivity contribution in [1.29, 1.82) is 0 Å². The Morgan fingerprint density at radius 3 is 2.53 bits per heavy atom. The van der Waals surface area contributed by atoms with Gasteiger partial charge >= 0.3 is 11.9 Å². The van der Waals surface area contributed by atoms with Crippen molar-refractivity contribution in [3.8, 4) is 5.82 Å². The number of rotatable bonds is 4. The van der Waals surface area contributed by atoms with Crippen molar-refractivity contribution >= 4 is 28.3 Å². The van der Waals surface area contributed by atoms with Crippen molar-refractivity contribution in [2.24, 2.45) is 0 Å². The van der Waals surface area contributed by atoms with E-state index in [0.717, 1.165) is 22.4 Å². The van der Waals surface area contributed by atoms with Crippen molar-refractivity contribution in [2.75, 3.05) is 5.32 Å². The Morgan fingerprint density at radius 1 is 1.07 bits per heavy atom. The van der Waals surface area contributed by atoms with Gasteiger partial charge in [-0.2, -0.15) is 23.0 Å². The fourth-order valence-corrected chi connectivity index (χ4v) is 2.98. The van der Waals surface area contributed by atoms with Crippen LogP contribution >= 0.6 is 11.6 Å². The normalized spacial score (nSPS) is 11.7. The number of benzene rings is 1. The van der Waals surface area contributed by atoms with Gasteiger partial charge in [-0.1, -0.05) is 17.7 Å². The van der Waals surface area contributed by atoms with E-state index >= 15 is 0 Å². The number of pyridine rings is 1. The molecule has 0 saturated carbocycles. The summed E-state index contributed by atoms with van der Waals surface area (Å²) in [5, 5.41) is 6.71. The van der Waals surface area contributed by atoms with Crippen molar-refractivity contribution in [3.63, 3.8) is 0 Å². The Bertz CT molecular complexity index is 1340. The monoisotopic (exact) mass is 436 g/mol. The predicted octanol–water partition coefficient (Wildman–Crippen LogP) is 3.08. The van der Waals surface area contributed by atoms with Crippen LogP contribution in [0.25, 0.3) is 16.9 Å². The minimum Gasteiger partial charge on any atom is -0.378 e. The molecule has 4 aromatic rings. The topological polar surface area (TPSA) is 108 Å². The molecule has 0 spiro atoms. The van der Waals surface area contributed by atoms with Crippen LogP contribution in [0.3, 0.4) is 0 Å². The number of fused-ring (bicyclic) bond motifs is 1. The lowest BCUT2D eigenvalue weighted by Crippen LogP contribution is -2.23. The molecule has 154 valence electrons. The van der Waals surface area contributed by atoms with Crippen LogP contribution in [0.1, 0.15) is 11.1 Å². The average Bonchev–Trinajstić information content (AvgIpc) is 3.08. The van der Waals surface area contributed by atoms with E-state index in [9.17, 15) is 22.8 Å². The molecule has 12 heteroatoms. The lowest BCUT2D eigenvalue weighted by molar-refractivity contribution is -0.137. The van der Waals surface area contributed by atoms with E-state index in [2.05, 4.69) is 25.4 Å². The highest BCUT2D eigenvalue weighted by Crippen LogP contribution is 2.28. The maximum Gasteiger partial charge on any atom is 0.417 e. The smallest absolute Gasteiger partial charge is 0.378 e. The minimum atomic E-state index is -4.54. The third-order valence-electron chi connectivity index (χ3n) is 4.27. The number of aromatic amines is 2. The quantitative estimate of drug-likeness (QED) is 0.455. The molecule has 4 rings (SSSR count). The zero-order chi connectivity index (χ0) is 21.5. The molecule has 0 radical (unpaired) electrons. The minimum absolute atomic E-state index is 0.0942. The number of imidazole rings is 1. The van der Waals surface area contributed by atoms with Crippen LogP contribution in [-0.4, -0.2) is 24.7 Å². The molecule has 3 N–H and O–H groups in total. The van der Waals surface area contributed by atoms with E-state index in [1.54, 1.807) is 18.2 Å². The Labute approximate surface area is 170 Å². The molecule has 8 nitrogen and oxygen atoms in total. The molecule has 0 bridgehead atoms. The second-order valence-corrected chi connectivity index (χ2v) is 6.68. The molecule has 30 heavy (non-hydrogen) atoms. The molecular formula is C18H12ClF3N6O2. The van der Waals surface area contributed by atoms with Crippen LogP contribution in [0, 0.1) is 0 Å². The van der Waals surface area contributed by atoms with Gasteiger partial charge in [0.15, 0.2) is 5.82 Å². The molecule has 3 aromatic heterocycles. The van der Waals surface area contributed by atoms with E-state index in [1.165, 1.54) is 6.20 Å². The molecule has 0 fully saturated rings. The number of nitrogens with one attached hydrogen (secondary N) is 3. The standard InChI is InChI=1S/C18H12ClF3N6O2/c19-15-13(23-6-9-1-3-11-12(5-9)27-17(30)26-11)8-25-28(16(15)29)14-4-2-10(7-24-14)18(20,21)22/h1-5,7-8,23H,6H2,(H2,26,27,30). The summed E-state index contributed by atoms with van der Waals surface area (Å²) in [5.41, 5.74) is 0.351. The summed E-state index contributed by atoms with van der Waals surface area (Å²) >= 11 is 6.12. The zero-order valence-corrected chi connectivity index (χ0v) is 15.7. The van der Waals surface area contributed by atoms with Crippen LogP contribution in [0.2, 0.25) is 5.02 Å². The third kappa shape index (κ3) is 3.79. The second-order valence-electron chi connectivity index (χ2n) is 6.30. The maximum absolute atomic E-state index is 12.7. The van der Waals surface area contributed by atoms with Crippen molar-refractivity contribution in [3.05, 3.63) is 79.7 Å². The Hall–Kier alpha value is -3.60. The fraction of sp³-hybridized carbons (Fsp3) is 0.111. The lowest BCUT2D eigenvalue weighted by atomic mass is 10.2. The van der Waals surface area contributed by atoms with Crippen LogP contribution in [-0.2, 0) is 12.7 Å². The van der Waals surface area contributed by atoms with Crippen LogP contribution in [0.4, 0.5) is 18.9 Å².